The highest BCUT2D eigenvalue weighted by Gasteiger charge is 2.04. The van der Waals surface area contributed by atoms with Crippen LogP contribution in [0.4, 0.5) is 10.1 Å². The first-order chi connectivity index (χ1) is 12.2. The van der Waals surface area contributed by atoms with E-state index in [9.17, 15) is 4.39 Å². The van der Waals surface area contributed by atoms with E-state index in [2.05, 4.69) is 46.6 Å². The van der Waals surface area contributed by atoms with Gasteiger partial charge in [0.1, 0.15) is 5.82 Å². The molecule has 0 saturated carbocycles. The van der Waals surface area contributed by atoms with Gasteiger partial charge in [-0.15, -0.1) is 0 Å². The van der Waals surface area contributed by atoms with E-state index >= 15 is 0 Å². The molecule has 0 atom stereocenters. The fourth-order valence-corrected chi connectivity index (χ4v) is 2.88. The van der Waals surface area contributed by atoms with Gasteiger partial charge in [0.2, 0.25) is 0 Å². The number of rotatable bonds is 5. The van der Waals surface area contributed by atoms with Gasteiger partial charge in [-0.25, -0.2) is 4.39 Å². The van der Waals surface area contributed by atoms with Crippen molar-refractivity contribution in [1.82, 2.24) is 0 Å². The van der Waals surface area contributed by atoms with Crippen LogP contribution in [0.3, 0.4) is 0 Å². The molecular formula is C22H18FNS. The second-order valence-corrected chi connectivity index (χ2v) is 6.22. The molecule has 0 amide bonds. The summed E-state index contributed by atoms with van der Waals surface area (Å²) in [4.78, 5) is 3.96. The fourth-order valence-electron chi connectivity index (χ4n) is 2.78. The molecule has 0 unspecified atom stereocenters. The van der Waals surface area contributed by atoms with E-state index in [0.717, 1.165) is 34.4 Å². The molecule has 3 heteroatoms. The van der Waals surface area contributed by atoms with Crippen molar-refractivity contribution in [2.75, 3.05) is 0 Å². The third kappa shape index (κ3) is 4.48. The molecule has 0 aliphatic heterocycles. The van der Waals surface area contributed by atoms with Gasteiger partial charge >= 0.3 is 0 Å². The van der Waals surface area contributed by atoms with Gasteiger partial charge in [0.25, 0.3) is 0 Å². The van der Waals surface area contributed by atoms with Crippen LogP contribution in [0.1, 0.15) is 16.7 Å². The summed E-state index contributed by atoms with van der Waals surface area (Å²) in [6, 6.07) is 21.7. The molecule has 0 aliphatic carbocycles. The van der Waals surface area contributed by atoms with Gasteiger partial charge in [0, 0.05) is 0 Å². The maximum atomic E-state index is 13.9. The van der Waals surface area contributed by atoms with Crippen LogP contribution in [0, 0.1) is 12.7 Å². The Hall–Kier alpha value is -2.61. The summed E-state index contributed by atoms with van der Waals surface area (Å²) in [7, 11) is 0. The summed E-state index contributed by atoms with van der Waals surface area (Å²) >= 11 is 4.61. The van der Waals surface area contributed by atoms with Crippen LogP contribution in [0.15, 0.2) is 71.7 Å². The first-order valence-electron chi connectivity index (χ1n) is 8.18. The predicted molar refractivity (Wildman–Crippen MR) is 105 cm³/mol. The molecule has 25 heavy (non-hydrogen) atoms. The lowest BCUT2D eigenvalue weighted by molar-refractivity contribution is 0.607. The van der Waals surface area contributed by atoms with Crippen molar-refractivity contribution in [1.29, 1.82) is 0 Å². The maximum Gasteiger partial charge on any atom is 0.126 e. The van der Waals surface area contributed by atoms with Crippen molar-refractivity contribution in [3.63, 3.8) is 0 Å². The van der Waals surface area contributed by atoms with Crippen molar-refractivity contribution in [2.45, 2.75) is 19.8 Å². The van der Waals surface area contributed by atoms with Crippen molar-refractivity contribution >= 4 is 23.1 Å². The van der Waals surface area contributed by atoms with E-state index in [1.54, 1.807) is 6.07 Å². The molecule has 124 valence electrons. The van der Waals surface area contributed by atoms with Gasteiger partial charge in [0.15, 0.2) is 0 Å². The molecule has 0 N–H and O–H groups in total. The highest BCUT2D eigenvalue weighted by molar-refractivity contribution is 7.78. The molecule has 3 rings (SSSR count). The zero-order chi connectivity index (χ0) is 17.6. The second kappa shape index (κ2) is 7.98. The first-order valence-corrected chi connectivity index (χ1v) is 8.59. The summed E-state index contributed by atoms with van der Waals surface area (Å²) in [6.45, 7) is 1.90. The lowest BCUT2D eigenvalue weighted by Gasteiger charge is -2.07. The minimum absolute atomic E-state index is 0.115. The number of hydrogen-bond donors (Lipinski definition) is 0. The van der Waals surface area contributed by atoms with Crippen LogP contribution in [0.5, 0.6) is 0 Å². The van der Waals surface area contributed by atoms with Gasteiger partial charge in [-0.2, -0.15) is 4.99 Å². The van der Waals surface area contributed by atoms with Gasteiger partial charge in [-0.3, -0.25) is 0 Å². The normalized spacial score (nSPS) is 10.3. The number of isothiocyanates is 1. The van der Waals surface area contributed by atoms with Crippen LogP contribution in [0.25, 0.3) is 11.1 Å². The average molecular weight is 347 g/mol. The number of benzene rings is 3. The van der Waals surface area contributed by atoms with Crippen LogP contribution < -0.4 is 0 Å². The molecule has 0 aliphatic rings. The Morgan fingerprint density at radius 3 is 2.12 bits per heavy atom. The zero-order valence-corrected chi connectivity index (χ0v) is 14.8. The number of nitrogens with zero attached hydrogens (tertiary/aromatic N) is 1. The van der Waals surface area contributed by atoms with E-state index < -0.39 is 0 Å². The average Bonchev–Trinajstić information content (AvgIpc) is 2.62. The monoisotopic (exact) mass is 347 g/mol. The summed E-state index contributed by atoms with van der Waals surface area (Å²) in [5, 5.41) is 2.37. The molecule has 0 radical (unpaired) electrons. The van der Waals surface area contributed by atoms with E-state index in [0.29, 0.717) is 6.42 Å². The topological polar surface area (TPSA) is 12.4 Å². The van der Waals surface area contributed by atoms with Crippen LogP contribution in [-0.2, 0) is 12.8 Å². The third-order valence-electron chi connectivity index (χ3n) is 4.22. The molecule has 3 aromatic rings. The summed E-state index contributed by atoms with van der Waals surface area (Å²) in [5.41, 5.74) is 5.99. The van der Waals surface area contributed by atoms with E-state index in [-0.39, 0.29) is 5.82 Å². The minimum atomic E-state index is -0.115. The lowest BCUT2D eigenvalue weighted by atomic mass is 9.99. The standard InChI is InChI=1S/C22H18FNS/c1-16-2-6-20(22(23)14-16)9-5-17-3-7-18(8-4-17)19-10-12-21(13-11-19)24-15-25/h2-4,6-8,10-14H,5,9H2,1H3. The van der Waals surface area contributed by atoms with E-state index in [4.69, 9.17) is 0 Å². The summed E-state index contributed by atoms with van der Waals surface area (Å²) in [6.07, 6.45) is 1.53. The number of aliphatic imine (C=N–C) groups is 1. The maximum absolute atomic E-state index is 13.9. The minimum Gasteiger partial charge on any atom is -0.207 e. The molecular weight excluding hydrogens is 329 g/mol. The van der Waals surface area contributed by atoms with E-state index in [1.165, 1.54) is 5.56 Å². The quantitative estimate of drug-likeness (QED) is 0.388. The van der Waals surface area contributed by atoms with Gasteiger partial charge in [0.05, 0.1) is 10.8 Å². The predicted octanol–water partition coefficient (Wildman–Crippen LogP) is 6.32. The fraction of sp³-hybridized carbons (Fsp3) is 0.136. The molecule has 0 fully saturated rings. The number of halogens is 1. The van der Waals surface area contributed by atoms with Crippen LogP contribution in [0.2, 0.25) is 0 Å². The molecule has 0 bridgehead atoms. The van der Waals surface area contributed by atoms with Gasteiger partial charge < -0.3 is 0 Å². The van der Waals surface area contributed by atoms with Crippen LogP contribution >= 0.6 is 12.2 Å². The van der Waals surface area contributed by atoms with Crippen molar-refractivity contribution < 1.29 is 4.39 Å². The Bertz CT molecular complexity index is 908. The molecule has 0 heterocycles. The van der Waals surface area contributed by atoms with E-state index in [1.807, 2.05) is 43.3 Å². The SMILES string of the molecule is Cc1ccc(CCc2ccc(-c3ccc(N=C=S)cc3)cc2)c(F)c1. The molecule has 3 aromatic carbocycles. The Balaban J connectivity index is 1.68. The van der Waals surface area contributed by atoms with Crippen molar-refractivity contribution in [3.05, 3.63) is 89.2 Å². The molecule has 1 nitrogen and oxygen atoms in total. The summed E-state index contributed by atoms with van der Waals surface area (Å²) in [5.74, 6) is -0.115. The lowest BCUT2D eigenvalue weighted by Crippen LogP contribution is -1.95. The Kier molecular flexibility index (Phi) is 5.49. The largest absolute Gasteiger partial charge is 0.207 e. The summed E-state index contributed by atoms with van der Waals surface area (Å²) < 4.78 is 13.9. The Morgan fingerprint density at radius 1 is 0.880 bits per heavy atom. The zero-order valence-electron chi connectivity index (χ0n) is 14.0. The highest BCUT2D eigenvalue weighted by atomic mass is 32.1. The van der Waals surface area contributed by atoms with Crippen molar-refractivity contribution in [3.8, 4) is 11.1 Å². The second-order valence-electron chi connectivity index (χ2n) is 6.04. The van der Waals surface area contributed by atoms with Gasteiger partial charge in [-0.05, 0) is 78.0 Å². The highest BCUT2D eigenvalue weighted by Crippen LogP contribution is 2.23. The third-order valence-corrected chi connectivity index (χ3v) is 4.31. The smallest absolute Gasteiger partial charge is 0.126 e. The number of hydrogen-bond acceptors (Lipinski definition) is 2. The number of aryl methyl sites for hydroxylation is 3. The molecule has 0 spiro atoms. The Morgan fingerprint density at radius 2 is 1.52 bits per heavy atom. The molecule has 0 saturated heterocycles. The van der Waals surface area contributed by atoms with Gasteiger partial charge in [-0.1, -0.05) is 48.5 Å². The Labute approximate surface area is 152 Å². The number of thiocarbonyl (C=S) groups is 1. The van der Waals surface area contributed by atoms with Crippen molar-refractivity contribution in [2.24, 2.45) is 4.99 Å². The molecule has 0 aromatic heterocycles. The first kappa shape index (κ1) is 17.2. The van der Waals surface area contributed by atoms with Crippen LogP contribution in [-0.4, -0.2) is 5.16 Å².